The first-order valence-electron chi connectivity index (χ1n) is 8.49. The van der Waals surface area contributed by atoms with Gasteiger partial charge in [-0.1, -0.05) is 0 Å². The molecule has 1 saturated heterocycles. The quantitative estimate of drug-likeness (QED) is 0.390. The molecule has 152 valence electrons. The second-order valence-corrected chi connectivity index (χ2v) is 8.83. The molecular formula is C16H27F3N2O4S. The first-order chi connectivity index (χ1) is 11.9. The lowest BCUT2D eigenvalue weighted by Gasteiger charge is -2.32. The molecule has 1 aliphatic rings. The summed E-state index contributed by atoms with van der Waals surface area (Å²) >= 11 is 0. The van der Waals surface area contributed by atoms with E-state index in [4.69, 9.17) is 4.74 Å². The van der Waals surface area contributed by atoms with Gasteiger partial charge in [0.1, 0.15) is 16.8 Å². The summed E-state index contributed by atoms with van der Waals surface area (Å²) in [7, 11) is -1.71. The van der Waals surface area contributed by atoms with Crippen LogP contribution in [0.1, 0.15) is 40.5 Å². The first kappa shape index (κ1) is 22.9. The van der Waals surface area contributed by atoms with Crippen molar-refractivity contribution in [2.45, 2.75) is 51.5 Å². The highest BCUT2D eigenvalue weighted by Crippen LogP contribution is 2.33. The molecule has 2 atom stereocenters. The minimum absolute atomic E-state index is 0.0157. The summed E-state index contributed by atoms with van der Waals surface area (Å²) in [4.78, 5) is 13.2. The molecule has 0 N–H and O–H groups in total. The highest BCUT2D eigenvalue weighted by Gasteiger charge is 2.43. The van der Waals surface area contributed by atoms with Crippen molar-refractivity contribution in [1.29, 1.82) is 0 Å². The van der Waals surface area contributed by atoms with Gasteiger partial charge in [0.25, 0.3) is 0 Å². The van der Waals surface area contributed by atoms with Gasteiger partial charge in [0, 0.05) is 19.5 Å². The maximum absolute atomic E-state index is 13.4. The number of hydrogen-bond donors (Lipinski definition) is 0. The van der Waals surface area contributed by atoms with E-state index in [0.29, 0.717) is 26.3 Å². The summed E-state index contributed by atoms with van der Waals surface area (Å²) < 4.78 is 65.9. The van der Waals surface area contributed by atoms with Crippen LogP contribution in [0.4, 0.5) is 13.2 Å². The summed E-state index contributed by atoms with van der Waals surface area (Å²) in [6, 6.07) is 0. The van der Waals surface area contributed by atoms with Crippen LogP contribution in [0, 0.1) is 5.92 Å². The number of ether oxygens (including phenoxy) is 2. The SMILES string of the molecule is CCOC(=O)C[C@@H](C/C(=N/S(=O)C(C)(C)C)N1CCOCC1)C(F)(F)F. The Morgan fingerprint density at radius 2 is 1.81 bits per heavy atom. The Balaban J connectivity index is 3.07. The fourth-order valence-electron chi connectivity index (χ4n) is 2.22. The molecule has 1 rings (SSSR count). The van der Waals surface area contributed by atoms with Gasteiger partial charge in [0.05, 0.1) is 36.9 Å². The molecule has 0 saturated carbocycles. The Labute approximate surface area is 154 Å². The fraction of sp³-hybridized carbons (Fsp3) is 0.875. The van der Waals surface area contributed by atoms with E-state index in [0.717, 1.165) is 0 Å². The van der Waals surface area contributed by atoms with Crippen LogP contribution in [-0.4, -0.2) is 64.7 Å². The summed E-state index contributed by atoms with van der Waals surface area (Å²) in [6.07, 6.45) is -5.91. The van der Waals surface area contributed by atoms with Crippen molar-refractivity contribution >= 4 is 22.8 Å². The molecule has 0 aromatic heterocycles. The van der Waals surface area contributed by atoms with Crippen LogP contribution in [0.2, 0.25) is 0 Å². The van der Waals surface area contributed by atoms with E-state index in [2.05, 4.69) is 9.13 Å². The number of alkyl halides is 3. The zero-order valence-electron chi connectivity index (χ0n) is 15.6. The molecular weight excluding hydrogens is 373 g/mol. The maximum Gasteiger partial charge on any atom is 0.392 e. The number of amidine groups is 1. The van der Waals surface area contributed by atoms with Crippen LogP contribution >= 0.6 is 0 Å². The summed E-state index contributed by atoms with van der Waals surface area (Å²) in [5.74, 6) is -2.76. The van der Waals surface area contributed by atoms with Gasteiger partial charge in [-0.2, -0.15) is 17.6 Å². The van der Waals surface area contributed by atoms with Crippen LogP contribution in [-0.2, 0) is 25.3 Å². The van der Waals surface area contributed by atoms with Gasteiger partial charge < -0.3 is 14.4 Å². The van der Waals surface area contributed by atoms with Crippen LogP contribution in [0.25, 0.3) is 0 Å². The zero-order valence-corrected chi connectivity index (χ0v) is 16.4. The molecule has 10 heteroatoms. The van der Waals surface area contributed by atoms with Crippen molar-refractivity contribution < 1.29 is 31.6 Å². The summed E-state index contributed by atoms with van der Waals surface area (Å²) in [6.45, 7) is 8.09. The molecule has 0 aromatic carbocycles. The zero-order chi connectivity index (χ0) is 20.0. The number of esters is 1. The number of nitrogens with zero attached hydrogens (tertiary/aromatic N) is 2. The third-order valence-electron chi connectivity index (χ3n) is 3.70. The molecule has 1 unspecified atom stereocenters. The largest absolute Gasteiger partial charge is 0.466 e. The van der Waals surface area contributed by atoms with Gasteiger partial charge in [-0.15, -0.1) is 0 Å². The second kappa shape index (κ2) is 9.68. The molecule has 1 fully saturated rings. The van der Waals surface area contributed by atoms with Gasteiger partial charge in [-0.3, -0.25) is 4.79 Å². The van der Waals surface area contributed by atoms with Crippen LogP contribution in [0.3, 0.4) is 0 Å². The number of carbonyl (C=O) groups excluding carboxylic acids is 1. The molecule has 0 aromatic rings. The predicted octanol–water partition coefficient (Wildman–Crippen LogP) is 2.70. The van der Waals surface area contributed by atoms with E-state index in [1.54, 1.807) is 25.7 Å². The third kappa shape index (κ3) is 7.61. The lowest BCUT2D eigenvalue weighted by molar-refractivity contribution is -0.183. The topological polar surface area (TPSA) is 68.2 Å². The third-order valence-corrected chi connectivity index (χ3v) is 5.12. The monoisotopic (exact) mass is 400 g/mol. The van der Waals surface area contributed by atoms with Gasteiger partial charge in [0.2, 0.25) is 0 Å². The van der Waals surface area contributed by atoms with Crippen LogP contribution in [0.5, 0.6) is 0 Å². The number of rotatable bonds is 6. The average molecular weight is 400 g/mol. The Morgan fingerprint density at radius 3 is 2.27 bits per heavy atom. The molecule has 0 radical (unpaired) electrons. The van der Waals surface area contributed by atoms with Gasteiger partial charge in [-0.05, 0) is 27.7 Å². The Hall–Kier alpha value is -1.16. The van der Waals surface area contributed by atoms with E-state index in [1.807, 2.05) is 0 Å². The summed E-state index contributed by atoms with van der Waals surface area (Å²) in [5.41, 5.74) is 0. The normalized spacial score (nSPS) is 19.2. The smallest absolute Gasteiger partial charge is 0.392 e. The maximum atomic E-state index is 13.4. The van der Waals surface area contributed by atoms with Crippen molar-refractivity contribution in [1.82, 2.24) is 4.90 Å². The van der Waals surface area contributed by atoms with Crippen molar-refractivity contribution in [3.05, 3.63) is 0 Å². The Bertz CT molecular complexity index is 527. The van der Waals surface area contributed by atoms with E-state index >= 15 is 0 Å². The van der Waals surface area contributed by atoms with E-state index < -0.39 is 46.6 Å². The molecule has 0 aliphatic carbocycles. The molecule has 0 bridgehead atoms. The molecule has 1 heterocycles. The van der Waals surface area contributed by atoms with E-state index in [9.17, 15) is 22.2 Å². The predicted molar refractivity (Wildman–Crippen MR) is 93.1 cm³/mol. The van der Waals surface area contributed by atoms with Crippen LogP contribution < -0.4 is 0 Å². The Morgan fingerprint density at radius 1 is 1.23 bits per heavy atom. The first-order valence-corrected chi connectivity index (χ1v) is 9.60. The van der Waals surface area contributed by atoms with E-state index in [-0.39, 0.29) is 12.4 Å². The minimum atomic E-state index is -4.59. The standard InChI is InChI=1S/C16H27F3N2O4S/c1-5-25-14(22)11-12(16(17,18)19)10-13(20-26(23)15(2,3)4)21-6-8-24-9-7-21/h12H,5-11H2,1-4H3/b20-13-/t12-,26?/m1/s1. The number of halogens is 3. The van der Waals surface area contributed by atoms with Gasteiger partial charge >= 0.3 is 12.1 Å². The van der Waals surface area contributed by atoms with Crippen molar-refractivity contribution in [2.75, 3.05) is 32.9 Å². The van der Waals surface area contributed by atoms with E-state index in [1.165, 1.54) is 6.92 Å². The minimum Gasteiger partial charge on any atom is -0.466 e. The summed E-state index contributed by atoms with van der Waals surface area (Å²) in [5, 5.41) is 0. The average Bonchev–Trinajstić information content (AvgIpc) is 2.52. The highest BCUT2D eigenvalue weighted by atomic mass is 32.2. The van der Waals surface area contributed by atoms with Gasteiger partial charge in [-0.25, -0.2) is 4.21 Å². The van der Waals surface area contributed by atoms with Gasteiger partial charge in [0.15, 0.2) is 0 Å². The highest BCUT2D eigenvalue weighted by molar-refractivity contribution is 7.85. The number of carbonyl (C=O) groups is 1. The lowest BCUT2D eigenvalue weighted by atomic mass is 9.99. The number of hydrogen-bond acceptors (Lipinski definition) is 4. The van der Waals surface area contributed by atoms with Crippen molar-refractivity contribution in [3.8, 4) is 0 Å². The molecule has 6 nitrogen and oxygen atoms in total. The fourth-order valence-corrected chi connectivity index (χ4v) is 2.88. The van der Waals surface area contributed by atoms with Crippen molar-refractivity contribution in [3.63, 3.8) is 0 Å². The second-order valence-electron chi connectivity index (χ2n) is 6.92. The van der Waals surface area contributed by atoms with Crippen LogP contribution in [0.15, 0.2) is 4.40 Å². The molecule has 0 spiro atoms. The number of morpholine rings is 1. The lowest BCUT2D eigenvalue weighted by Crippen LogP contribution is -2.43. The molecule has 1 aliphatic heterocycles. The van der Waals surface area contributed by atoms with Crippen molar-refractivity contribution in [2.24, 2.45) is 10.3 Å². The molecule has 0 amide bonds. The molecule has 26 heavy (non-hydrogen) atoms. The Kier molecular flexibility index (Phi) is 8.52.